The third kappa shape index (κ3) is 3.81. The van der Waals surface area contributed by atoms with E-state index in [1.54, 1.807) is 36.4 Å². The maximum Gasteiger partial charge on any atom is 0.335 e. The molecule has 0 aliphatic heterocycles. The minimum absolute atomic E-state index is 0.246. The molecule has 2 aromatic rings. The molecule has 0 aliphatic carbocycles. The van der Waals surface area contributed by atoms with Crippen LogP contribution in [0.4, 0.5) is 4.39 Å². The molecule has 2 rings (SSSR count). The summed E-state index contributed by atoms with van der Waals surface area (Å²) in [5.74, 6) is -0.689. The molecule has 98 valence electrons. The van der Waals surface area contributed by atoms with Crippen LogP contribution in [0.2, 0.25) is 0 Å². The molecule has 0 aromatic heterocycles. The minimum atomic E-state index is -0.949. The second-order valence-electron chi connectivity index (χ2n) is 3.85. The maximum atomic E-state index is 13.6. The van der Waals surface area contributed by atoms with Crippen LogP contribution < -0.4 is 0 Å². The van der Waals surface area contributed by atoms with Gasteiger partial charge in [0, 0.05) is 15.1 Å². The zero-order valence-corrected chi connectivity index (χ0v) is 12.2. The number of aromatic carboxylic acids is 1. The number of rotatable bonds is 4. The van der Waals surface area contributed by atoms with E-state index in [4.69, 9.17) is 5.11 Å². The summed E-state index contributed by atoms with van der Waals surface area (Å²) in [4.78, 5) is 11.6. The quantitative estimate of drug-likeness (QED) is 0.827. The molecule has 0 atom stereocenters. The van der Waals surface area contributed by atoms with E-state index < -0.39 is 5.97 Å². The van der Waals surface area contributed by atoms with E-state index in [1.807, 2.05) is 0 Å². The highest BCUT2D eigenvalue weighted by molar-refractivity contribution is 9.10. The van der Waals surface area contributed by atoms with Crippen molar-refractivity contribution in [2.45, 2.75) is 10.6 Å². The van der Waals surface area contributed by atoms with Gasteiger partial charge in [0.05, 0.1) is 5.56 Å². The van der Waals surface area contributed by atoms with Crippen LogP contribution >= 0.6 is 27.7 Å². The van der Waals surface area contributed by atoms with Gasteiger partial charge in [0.15, 0.2) is 0 Å². The first-order chi connectivity index (χ1) is 9.06. The van der Waals surface area contributed by atoms with E-state index in [-0.39, 0.29) is 11.4 Å². The largest absolute Gasteiger partial charge is 0.478 e. The molecular weight excluding hydrogens is 331 g/mol. The number of benzene rings is 2. The van der Waals surface area contributed by atoms with Crippen LogP contribution in [0.5, 0.6) is 0 Å². The second kappa shape index (κ2) is 6.21. The molecule has 0 spiro atoms. The third-order valence-electron chi connectivity index (χ3n) is 2.51. The molecule has 0 bridgehead atoms. The minimum Gasteiger partial charge on any atom is -0.478 e. The Balaban J connectivity index is 2.04. The Labute approximate surface area is 122 Å². The highest BCUT2D eigenvalue weighted by Crippen LogP contribution is 2.25. The van der Waals surface area contributed by atoms with Gasteiger partial charge in [-0.25, -0.2) is 9.18 Å². The summed E-state index contributed by atoms with van der Waals surface area (Å²) in [6, 6.07) is 11.5. The Morgan fingerprint density at radius 3 is 2.47 bits per heavy atom. The summed E-state index contributed by atoms with van der Waals surface area (Å²) in [7, 11) is 0. The molecule has 5 heteroatoms. The zero-order chi connectivity index (χ0) is 13.8. The Hall–Kier alpha value is -1.33. The summed E-state index contributed by atoms with van der Waals surface area (Å²) < 4.78 is 14.3. The van der Waals surface area contributed by atoms with Gasteiger partial charge in [-0.3, -0.25) is 0 Å². The molecule has 19 heavy (non-hydrogen) atoms. The number of carboxylic acids is 1. The van der Waals surface area contributed by atoms with Crippen LogP contribution in [0.25, 0.3) is 0 Å². The number of carboxylic acid groups (broad SMARTS) is 1. The fraction of sp³-hybridized carbons (Fsp3) is 0.0714. The van der Waals surface area contributed by atoms with Crippen LogP contribution in [0.15, 0.2) is 51.8 Å². The van der Waals surface area contributed by atoms with Gasteiger partial charge in [-0.15, -0.1) is 11.8 Å². The van der Waals surface area contributed by atoms with Gasteiger partial charge in [0.25, 0.3) is 0 Å². The number of halogens is 2. The summed E-state index contributed by atoms with van der Waals surface area (Å²) >= 11 is 4.68. The van der Waals surface area contributed by atoms with Gasteiger partial charge in [0.2, 0.25) is 0 Å². The van der Waals surface area contributed by atoms with Gasteiger partial charge in [0.1, 0.15) is 5.82 Å². The fourth-order valence-corrected chi connectivity index (χ4v) is 2.71. The average molecular weight is 341 g/mol. The van der Waals surface area contributed by atoms with E-state index in [1.165, 1.54) is 17.8 Å². The van der Waals surface area contributed by atoms with Crippen molar-refractivity contribution in [1.29, 1.82) is 0 Å². The lowest BCUT2D eigenvalue weighted by molar-refractivity contribution is 0.0697. The average Bonchev–Trinajstić information content (AvgIpc) is 2.38. The van der Waals surface area contributed by atoms with Crippen molar-refractivity contribution < 1.29 is 14.3 Å². The van der Waals surface area contributed by atoms with Crippen molar-refractivity contribution in [1.82, 2.24) is 0 Å². The van der Waals surface area contributed by atoms with Crippen LogP contribution in [-0.4, -0.2) is 11.1 Å². The van der Waals surface area contributed by atoms with Crippen LogP contribution in [0.3, 0.4) is 0 Å². The van der Waals surface area contributed by atoms with Gasteiger partial charge in [-0.2, -0.15) is 0 Å². The van der Waals surface area contributed by atoms with Gasteiger partial charge in [-0.1, -0.05) is 22.0 Å². The predicted molar refractivity (Wildman–Crippen MR) is 77.1 cm³/mol. The number of carbonyl (C=O) groups is 1. The third-order valence-corrected chi connectivity index (χ3v) is 4.06. The van der Waals surface area contributed by atoms with Crippen molar-refractivity contribution in [2.24, 2.45) is 0 Å². The Morgan fingerprint density at radius 2 is 1.89 bits per heavy atom. The Bertz CT molecular complexity index is 599. The summed E-state index contributed by atoms with van der Waals surface area (Å²) in [6.45, 7) is 0. The van der Waals surface area contributed by atoms with Crippen molar-refractivity contribution in [3.8, 4) is 0 Å². The molecule has 0 heterocycles. The maximum absolute atomic E-state index is 13.6. The first-order valence-electron chi connectivity index (χ1n) is 5.46. The fourth-order valence-electron chi connectivity index (χ4n) is 1.49. The normalized spacial score (nSPS) is 10.4. The smallest absolute Gasteiger partial charge is 0.335 e. The van der Waals surface area contributed by atoms with Crippen molar-refractivity contribution in [2.75, 3.05) is 0 Å². The monoisotopic (exact) mass is 340 g/mol. The lowest BCUT2D eigenvalue weighted by Gasteiger charge is -2.04. The highest BCUT2D eigenvalue weighted by atomic mass is 79.9. The molecule has 0 aliphatic rings. The summed E-state index contributed by atoms with van der Waals surface area (Å²) in [6.07, 6.45) is 0. The molecule has 2 nitrogen and oxygen atoms in total. The lowest BCUT2D eigenvalue weighted by Crippen LogP contribution is -1.94. The Kier molecular flexibility index (Phi) is 4.61. The first kappa shape index (κ1) is 14.1. The number of thioether (sulfide) groups is 1. The van der Waals surface area contributed by atoms with Crippen molar-refractivity contribution in [3.63, 3.8) is 0 Å². The van der Waals surface area contributed by atoms with Crippen molar-refractivity contribution >= 4 is 33.7 Å². The van der Waals surface area contributed by atoms with E-state index in [0.29, 0.717) is 15.8 Å². The molecule has 0 unspecified atom stereocenters. The van der Waals surface area contributed by atoms with Crippen LogP contribution in [0.1, 0.15) is 15.9 Å². The van der Waals surface area contributed by atoms with Crippen LogP contribution in [-0.2, 0) is 5.75 Å². The predicted octanol–water partition coefficient (Wildman–Crippen LogP) is 4.58. The molecule has 1 N–H and O–H groups in total. The lowest BCUT2D eigenvalue weighted by atomic mass is 10.2. The van der Waals surface area contributed by atoms with Gasteiger partial charge in [-0.05, 0) is 42.0 Å². The zero-order valence-electron chi connectivity index (χ0n) is 9.77. The van der Waals surface area contributed by atoms with E-state index in [9.17, 15) is 9.18 Å². The van der Waals surface area contributed by atoms with Gasteiger partial charge >= 0.3 is 5.97 Å². The molecule has 2 aromatic carbocycles. The molecule has 0 radical (unpaired) electrons. The topological polar surface area (TPSA) is 37.3 Å². The highest BCUT2D eigenvalue weighted by Gasteiger charge is 2.05. The van der Waals surface area contributed by atoms with E-state index >= 15 is 0 Å². The first-order valence-corrected chi connectivity index (χ1v) is 7.24. The van der Waals surface area contributed by atoms with Crippen molar-refractivity contribution in [3.05, 3.63) is 63.9 Å². The van der Waals surface area contributed by atoms with Crippen LogP contribution in [0, 0.1) is 5.82 Å². The molecular formula is C14H10BrFO2S. The summed E-state index contributed by atoms with van der Waals surface area (Å²) in [5, 5.41) is 8.79. The Morgan fingerprint density at radius 1 is 1.21 bits per heavy atom. The number of hydrogen-bond acceptors (Lipinski definition) is 2. The summed E-state index contributed by atoms with van der Waals surface area (Å²) in [5.41, 5.74) is 0.870. The molecule has 0 fully saturated rings. The molecule has 0 amide bonds. The van der Waals surface area contributed by atoms with Gasteiger partial charge < -0.3 is 5.11 Å². The second-order valence-corrected chi connectivity index (χ2v) is 5.82. The molecule has 0 saturated heterocycles. The number of hydrogen-bond donors (Lipinski definition) is 1. The molecule has 0 saturated carbocycles. The van der Waals surface area contributed by atoms with E-state index in [2.05, 4.69) is 15.9 Å². The van der Waals surface area contributed by atoms with E-state index in [0.717, 1.165) is 4.90 Å². The SMILES string of the molecule is O=C(O)c1ccc(SCc2ccc(Br)cc2F)cc1. The standard InChI is InChI=1S/C14H10BrFO2S/c15-11-4-1-10(13(16)7-11)8-19-12-5-2-9(3-6-12)14(17)18/h1-7H,8H2,(H,17,18).